The zero-order chi connectivity index (χ0) is 11.5. The number of rotatable bonds is 4. The van der Waals surface area contributed by atoms with Gasteiger partial charge in [-0.1, -0.05) is 13.8 Å². The van der Waals surface area contributed by atoms with Crippen LogP contribution in [0.1, 0.15) is 20.8 Å². The summed E-state index contributed by atoms with van der Waals surface area (Å²) >= 11 is 0. The highest BCUT2D eigenvalue weighted by Crippen LogP contribution is 2.13. The second-order valence-electron chi connectivity index (χ2n) is 3.76. The van der Waals surface area contributed by atoms with E-state index < -0.39 is 10.2 Å². The molecule has 0 radical (unpaired) electrons. The molecular weight excluding hydrogens is 214 g/mol. The second kappa shape index (κ2) is 5.25. The molecule has 15 heavy (non-hydrogen) atoms. The summed E-state index contributed by atoms with van der Waals surface area (Å²) in [5.74, 6) is 0. The van der Waals surface area contributed by atoms with E-state index in [9.17, 15) is 8.42 Å². The Morgan fingerprint density at radius 2 is 2.00 bits per heavy atom. The van der Waals surface area contributed by atoms with Gasteiger partial charge in [-0.2, -0.15) is 17.0 Å². The van der Waals surface area contributed by atoms with Gasteiger partial charge in [0, 0.05) is 38.8 Å². The molecule has 1 saturated heterocycles. The Morgan fingerprint density at radius 1 is 1.40 bits per heavy atom. The maximum atomic E-state index is 12.2. The molecule has 0 spiro atoms. The molecule has 1 heterocycles. The summed E-state index contributed by atoms with van der Waals surface area (Å²) in [6.45, 7) is 8.80. The van der Waals surface area contributed by atoms with Crippen molar-refractivity contribution in [2.45, 2.75) is 26.8 Å². The maximum Gasteiger partial charge on any atom is 0.282 e. The fourth-order valence-corrected chi connectivity index (χ4v) is 3.66. The molecule has 90 valence electrons. The summed E-state index contributed by atoms with van der Waals surface area (Å²) in [7, 11) is -3.25. The highest BCUT2D eigenvalue weighted by molar-refractivity contribution is 7.86. The van der Waals surface area contributed by atoms with Crippen LogP contribution >= 0.6 is 0 Å². The van der Waals surface area contributed by atoms with Crippen molar-refractivity contribution in [1.29, 1.82) is 0 Å². The summed E-state index contributed by atoms with van der Waals surface area (Å²) in [6.07, 6.45) is 0. The van der Waals surface area contributed by atoms with Gasteiger partial charge in [0.1, 0.15) is 0 Å². The van der Waals surface area contributed by atoms with E-state index in [-0.39, 0.29) is 6.04 Å². The van der Waals surface area contributed by atoms with Crippen LogP contribution in [-0.4, -0.2) is 55.8 Å². The fourth-order valence-electron chi connectivity index (χ4n) is 1.86. The number of hydrogen-bond acceptors (Lipinski definition) is 3. The van der Waals surface area contributed by atoms with Crippen LogP contribution in [0.2, 0.25) is 0 Å². The molecule has 6 heteroatoms. The van der Waals surface area contributed by atoms with Gasteiger partial charge in [-0.05, 0) is 6.92 Å². The lowest BCUT2D eigenvalue weighted by Gasteiger charge is -2.36. The monoisotopic (exact) mass is 235 g/mol. The minimum atomic E-state index is -3.25. The first kappa shape index (κ1) is 12.9. The van der Waals surface area contributed by atoms with Gasteiger partial charge in [-0.3, -0.25) is 0 Å². The third-order valence-corrected chi connectivity index (χ3v) is 5.07. The highest BCUT2D eigenvalue weighted by Gasteiger charge is 2.32. The Balaban J connectivity index is 2.83. The molecule has 1 atom stereocenters. The fraction of sp³-hybridized carbons (Fsp3) is 1.00. The van der Waals surface area contributed by atoms with Gasteiger partial charge in [-0.15, -0.1) is 0 Å². The Morgan fingerprint density at radius 3 is 2.47 bits per heavy atom. The molecule has 1 N–H and O–H groups in total. The van der Waals surface area contributed by atoms with Gasteiger partial charge in [0.25, 0.3) is 10.2 Å². The smallest absolute Gasteiger partial charge is 0.282 e. The molecule has 0 aromatic heterocycles. The first-order valence-corrected chi connectivity index (χ1v) is 6.91. The van der Waals surface area contributed by atoms with E-state index in [0.717, 1.165) is 13.1 Å². The first-order valence-electron chi connectivity index (χ1n) is 5.51. The Bertz CT molecular complexity index is 288. The molecule has 1 rings (SSSR count). The zero-order valence-electron chi connectivity index (χ0n) is 9.73. The van der Waals surface area contributed by atoms with E-state index in [1.165, 1.54) is 4.31 Å². The minimum Gasteiger partial charge on any atom is -0.314 e. The van der Waals surface area contributed by atoms with Crippen molar-refractivity contribution >= 4 is 10.2 Å². The van der Waals surface area contributed by atoms with Crippen molar-refractivity contribution in [1.82, 2.24) is 13.9 Å². The predicted octanol–water partition coefficient (Wildman–Crippen LogP) is -0.133. The SMILES string of the molecule is CCN(CC)S(=O)(=O)N1CCNC[C@@H]1C. The van der Waals surface area contributed by atoms with E-state index in [2.05, 4.69) is 5.32 Å². The third-order valence-electron chi connectivity index (χ3n) is 2.77. The standard InChI is InChI=1S/C9H21N3O2S/c1-4-11(5-2)15(13,14)12-7-6-10-8-9(12)3/h9-10H,4-8H2,1-3H3/t9-/m0/s1. The van der Waals surface area contributed by atoms with E-state index >= 15 is 0 Å². The van der Waals surface area contributed by atoms with Gasteiger partial charge in [0.05, 0.1) is 0 Å². The van der Waals surface area contributed by atoms with E-state index in [4.69, 9.17) is 0 Å². The van der Waals surface area contributed by atoms with Crippen molar-refractivity contribution in [2.75, 3.05) is 32.7 Å². The molecule has 0 aromatic carbocycles. The van der Waals surface area contributed by atoms with Gasteiger partial charge in [0.15, 0.2) is 0 Å². The molecule has 5 nitrogen and oxygen atoms in total. The van der Waals surface area contributed by atoms with Gasteiger partial charge >= 0.3 is 0 Å². The molecular formula is C9H21N3O2S. The summed E-state index contributed by atoms with van der Waals surface area (Å²) in [4.78, 5) is 0. The van der Waals surface area contributed by atoms with Crippen molar-refractivity contribution in [3.8, 4) is 0 Å². The summed E-state index contributed by atoms with van der Waals surface area (Å²) in [5, 5.41) is 3.19. The third kappa shape index (κ3) is 2.69. The van der Waals surface area contributed by atoms with E-state index in [1.807, 2.05) is 20.8 Å². The Kier molecular flexibility index (Phi) is 4.51. The average molecular weight is 235 g/mol. The zero-order valence-corrected chi connectivity index (χ0v) is 10.5. The topological polar surface area (TPSA) is 52.7 Å². The lowest BCUT2D eigenvalue weighted by molar-refractivity contribution is 0.260. The molecule has 0 aromatic rings. The van der Waals surface area contributed by atoms with Crippen LogP contribution in [0.5, 0.6) is 0 Å². The molecule has 0 aliphatic carbocycles. The quantitative estimate of drug-likeness (QED) is 0.738. The van der Waals surface area contributed by atoms with Crippen molar-refractivity contribution in [3.63, 3.8) is 0 Å². The number of hydrogen-bond donors (Lipinski definition) is 1. The van der Waals surface area contributed by atoms with Gasteiger partial charge in [-0.25, -0.2) is 0 Å². The molecule has 1 fully saturated rings. The largest absolute Gasteiger partial charge is 0.314 e. The summed E-state index contributed by atoms with van der Waals surface area (Å²) in [6, 6.07) is 0.0457. The molecule has 0 bridgehead atoms. The van der Waals surface area contributed by atoms with Crippen LogP contribution in [0.4, 0.5) is 0 Å². The van der Waals surface area contributed by atoms with E-state index in [1.54, 1.807) is 4.31 Å². The van der Waals surface area contributed by atoms with Crippen LogP contribution in [0.3, 0.4) is 0 Å². The van der Waals surface area contributed by atoms with Crippen LogP contribution in [0.25, 0.3) is 0 Å². The molecule has 0 saturated carbocycles. The van der Waals surface area contributed by atoms with Crippen molar-refractivity contribution in [2.24, 2.45) is 0 Å². The molecule has 0 amide bonds. The number of piperazine rings is 1. The van der Waals surface area contributed by atoms with Crippen LogP contribution in [0.15, 0.2) is 0 Å². The van der Waals surface area contributed by atoms with Crippen LogP contribution in [-0.2, 0) is 10.2 Å². The molecule has 1 aliphatic rings. The summed E-state index contributed by atoms with van der Waals surface area (Å²) in [5.41, 5.74) is 0. The summed E-state index contributed by atoms with van der Waals surface area (Å²) < 4.78 is 27.5. The number of nitrogens with one attached hydrogen (secondary N) is 1. The number of nitrogens with zero attached hydrogens (tertiary/aromatic N) is 2. The van der Waals surface area contributed by atoms with Crippen LogP contribution in [0, 0.1) is 0 Å². The Hall–Kier alpha value is -0.170. The molecule has 1 aliphatic heterocycles. The average Bonchev–Trinajstić information content (AvgIpc) is 2.19. The van der Waals surface area contributed by atoms with Crippen molar-refractivity contribution < 1.29 is 8.42 Å². The van der Waals surface area contributed by atoms with Crippen molar-refractivity contribution in [3.05, 3.63) is 0 Å². The second-order valence-corrected chi connectivity index (χ2v) is 5.64. The predicted molar refractivity (Wildman–Crippen MR) is 60.9 cm³/mol. The highest BCUT2D eigenvalue weighted by atomic mass is 32.2. The minimum absolute atomic E-state index is 0.0457. The van der Waals surface area contributed by atoms with E-state index in [0.29, 0.717) is 19.6 Å². The normalized spacial score (nSPS) is 24.7. The lowest BCUT2D eigenvalue weighted by Crippen LogP contribution is -2.56. The van der Waals surface area contributed by atoms with Crippen LogP contribution < -0.4 is 5.32 Å². The Labute approximate surface area is 92.6 Å². The van der Waals surface area contributed by atoms with Gasteiger partial charge in [0.2, 0.25) is 0 Å². The first-order chi connectivity index (χ1) is 7.04. The molecule has 0 unspecified atom stereocenters. The maximum absolute atomic E-state index is 12.2. The lowest BCUT2D eigenvalue weighted by atomic mass is 10.3. The van der Waals surface area contributed by atoms with Gasteiger partial charge < -0.3 is 5.32 Å².